The molecule has 0 bridgehead atoms. The number of carbonyl (C=O) groups excluding carboxylic acids is 2. The number of nitrogens with zero attached hydrogens (tertiary/aromatic N) is 3. The molecule has 138 valence electrons. The SMILES string of the molecule is CCCCCc1nnc(NC(=O)CCN2C(=O)COc3ccccc32)s1. The van der Waals surface area contributed by atoms with E-state index >= 15 is 0 Å². The number of aryl methyl sites for hydroxylation is 1. The Bertz CT molecular complexity index is 777. The van der Waals surface area contributed by atoms with E-state index in [1.54, 1.807) is 4.90 Å². The first-order chi connectivity index (χ1) is 12.7. The molecule has 7 nitrogen and oxygen atoms in total. The van der Waals surface area contributed by atoms with Crippen molar-refractivity contribution in [2.24, 2.45) is 0 Å². The third kappa shape index (κ3) is 4.57. The number of unbranched alkanes of at least 4 members (excludes halogenated alkanes) is 2. The molecule has 0 radical (unpaired) electrons. The monoisotopic (exact) mass is 374 g/mol. The van der Waals surface area contributed by atoms with E-state index in [9.17, 15) is 9.59 Å². The molecule has 1 aromatic heterocycles. The number of carbonyl (C=O) groups is 2. The number of anilines is 2. The fourth-order valence-corrected chi connectivity index (χ4v) is 3.52. The van der Waals surface area contributed by atoms with Crippen molar-refractivity contribution in [2.45, 2.75) is 39.0 Å². The summed E-state index contributed by atoms with van der Waals surface area (Å²) < 4.78 is 5.40. The Morgan fingerprint density at radius 1 is 1.31 bits per heavy atom. The van der Waals surface area contributed by atoms with Crippen molar-refractivity contribution in [3.8, 4) is 5.75 Å². The van der Waals surface area contributed by atoms with E-state index in [0.29, 0.717) is 23.1 Å². The Labute approximate surface area is 156 Å². The van der Waals surface area contributed by atoms with Gasteiger partial charge in [-0.1, -0.05) is 43.2 Å². The van der Waals surface area contributed by atoms with Gasteiger partial charge in [-0.2, -0.15) is 0 Å². The molecule has 8 heteroatoms. The van der Waals surface area contributed by atoms with E-state index in [1.807, 2.05) is 24.3 Å². The maximum absolute atomic E-state index is 12.2. The summed E-state index contributed by atoms with van der Waals surface area (Å²) in [4.78, 5) is 25.9. The molecule has 1 N–H and O–H groups in total. The maximum atomic E-state index is 12.2. The van der Waals surface area contributed by atoms with Gasteiger partial charge >= 0.3 is 0 Å². The van der Waals surface area contributed by atoms with Crippen molar-refractivity contribution >= 4 is 34.0 Å². The second-order valence-electron chi connectivity index (χ2n) is 6.06. The van der Waals surface area contributed by atoms with Gasteiger partial charge in [0, 0.05) is 19.4 Å². The highest BCUT2D eigenvalue weighted by Gasteiger charge is 2.25. The van der Waals surface area contributed by atoms with E-state index in [0.717, 1.165) is 30.7 Å². The highest BCUT2D eigenvalue weighted by Crippen LogP contribution is 2.31. The molecule has 1 aromatic carbocycles. The van der Waals surface area contributed by atoms with E-state index < -0.39 is 0 Å². The maximum Gasteiger partial charge on any atom is 0.265 e. The van der Waals surface area contributed by atoms with Crippen molar-refractivity contribution in [1.29, 1.82) is 0 Å². The van der Waals surface area contributed by atoms with Crippen LogP contribution in [0.1, 0.15) is 37.6 Å². The summed E-state index contributed by atoms with van der Waals surface area (Å²) in [7, 11) is 0. The second-order valence-corrected chi connectivity index (χ2v) is 7.12. The standard InChI is InChI=1S/C18H22N4O3S/c1-2-3-4-9-16-20-21-18(26-16)19-15(23)10-11-22-13-7-5-6-8-14(13)25-12-17(22)24/h5-8H,2-4,9-12H2,1H3,(H,19,21,23). The summed E-state index contributed by atoms with van der Waals surface area (Å²) in [6.07, 6.45) is 4.48. The number of fused-ring (bicyclic) bond motifs is 1. The average molecular weight is 374 g/mol. The van der Waals surface area contributed by atoms with Crippen molar-refractivity contribution < 1.29 is 14.3 Å². The Hall–Kier alpha value is -2.48. The van der Waals surface area contributed by atoms with Crippen LogP contribution in [0.3, 0.4) is 0 Å². The molecule has 2 amide bonds. The highest BCUT2D eigenvalue weighted by molar-refractivity contribution is 7.15. The third-order valence-electron chi connectivity index (χ3n) is 4.08. The van der Waals surface area contributed by atoms with Crippen LogP contribution in [0.5, 0.6) is 5.75 Å². The molecule has 0 spiro atoms. The predicted molar refractivity (Wildman–Crippen MR) is 101 cm³/mol. The van der Waals surface area contributed by atoms with Gasteiger partial charge in [0.1, 0.15) is 10.8 Å². The van der Waals surface area contributed by atoms with Gasteiger partial charge in [0.15, 0.2) is 6.61 Å². The molecule has 0 saturated carbocycles. The number of hydrogen-bond acceptors (Lipinski definition) is 6. The molecule has 0 aliphatic carbocycles. The van der Waals surface area contributed by atoms with Crippen LogP contribution in [0.4, 0.5) is 10.8 Å². The van der Waals surface area contributed by atoms with E-state index in [2.05, 4.69) is 22.4 Å². The van der Waals surface area contributed by atoms with Gasteiger partial charge in [0.25, 0.3) is 5.91 Å². The first-order valence-electron chi connectivity index (χ1n) is 8.82. The minimum Gasteiger partial charge on any atom is -0.482 e. The predicted octanol–water partition coefficient (Wildman–Crippen LogP) is 3.03. The Morgan fingerprint density at radius 3 is 3.00 bits per heavy atom. The van der Waals surface area contributed by atoms with Gasteiger partial charge in [-0.15, -0.1) is 10.2 Å². The van der Waals surface area contributed by atoms with Crippen LogP contribution >= 0.6 is 11.3 Å². The number of hydrogen-bond donors (Lipinski definition) is 1. The van der Waals surface area contributed by atoms with Crippen molar-refractivity contribution in [2.75, 3.05) is 23.4 Å². The summed E-state index contributed by atoms with van der Waals surface area (Å²) in [6, 6.07) is 7.33. The first-order valence-corrected chi connectivity index (χ1v) is 9.63. The van der Waals surface area contributed by atoms with E-state index in [-0.39, 0.29) is 24.8 Å². The number of aromatic nitrogens is 2. The molecule has 2 heterocycles. The molecule has 1 aliphatic heterocycles. The Balaban J connectivity index is 1.52. The van der Waals surface area contributed by atoms with Crippen LogP contribution in [0, 0.1) is 0 Å². The molecule has 0 saturated heterocycles. The summed E-state index contributed by atoms with van der Waals surface area (Å²) in [5.41, 5.74) is 0.700. The van der Waals surface area contributed by atoms with Crippen molar-refractivity contribution in [1.82, 2.24) is 10.2 Å². The molecular formula is C18H22N4O3S. The zero-order chi connectivity index (χ0) is 18.4. The third-order valence-corrected chi connectivity index (χ3v) is 4.98. The molecule has 0 unspecified atom stereocenters. The van der Waals surface area contributed by atoms with Gasteiger partial charge in [0.2, 0.25) is 11.0 Å². The van der Waals surface area contributed by atoms with Crippen molar-refractivity contribution in [3.63, 3.8) is 0 Å². The molecule has 1 aliphatic rings. The van der Waals surface area contributed by atoms with Crippen LogP contribution in [0.25, 0.3) is 0 Å². The van der Waals surface area contributed by atoms with E-state index in [1.165, 1.54) is 11.3 Å². The minimum atomic E-state index is -0.182. The molecule has 2 aromatic rings. The number of nitrogens with one attached hydrogen (secondary N) is 1. The van der Waals surface area contributed by atoms with Crippen LogP contribution < -0.4 is 15.0 Å². The van der Waals surface area contributed by atoms with Crippen LogP contribution in [-0.4, -0.2) is 35.2 Å². The van der Waals surface area contributed by atoms with Crippen molar-refractivity contribution in [3.05, 3.63) is 29.3 Å². The minimum absolute atomic E-state index is 0.00382. The quantitative estimate of drug-likeness (QED) is 0.718. The molecule has 3 rings (SSSR count). The summed E-state index contributed by atoms with van der Waals surface area (Å²) in [6.45, 7) is 2.45. The van der Waals surface area contributed by atoms with E-state index in [4.69, 9.17) is 4.74 Å². The fourth-order valence-electron chi connectivity index (χ4n) is 2.73. The van der Waals surface area contributed by atoms with Gasteiger partial charge in [-0.25, -0.2) is 0 Å². The lowest BCUT2D eigenvalue weighted by molar-refractivity contribution is -0.121. The number of benzene rings is 1. The lowest BCUT2D eigenvalue weighted by atomic mass is 10.2. The normalized spacial score (nSPS) is 13.3. The summed E-state index contributed by atoms with van der Waals surface area (Å²) in [5, 5.41) is 12.3. The second kappa shape index (κ2) is 8.75. The topological polar surface area (TPSA) is 84.4 Å². The lowest BCUT2D eigenvalue weighted by Gasteiger charge is -2.29. The number of rotatable bonds is 8. The Morgan fingerprint density at radius 2 is 2.15 bits per heavy atom. The van der Waals surface area contributed by atoms with Crippen LogP contribution in [-0.2, 0) is 16.0 Å². The first kappa shape index (κ1) is 18.3. The number of amides is 2. The largest absolute Gasteiger partial charge is 0.482 e. The van der Waals surface area contributed by atoms with Gasteiger partial charge < -0.3 is 15.0 Å². The zero-order valence-corrected chi connectivity index (χ0v) is 15.6. The van der Waals surface area contributed by atoms with Gasteiger partial charge in [-0.3, -0.25) is 9.59 Å². The zero-order valence-electron chi connectivity index (χ0n) is 14.7. The summed E-state index contributed by atoms with van der Waals surface area (Å²) in [5.74, 6) is 0.331. The number of para-hydroxylation sites is 2. The molecular weight excluding hydrogens is 352 g/mol. The molecule has 0 fully saturated rings. The fraction of sp³-hybridized carbons (Fsp3) is 0.444. The smallest absolute Gasteiger partial charge is 0.265 e. The lowest BCUT2D eigenvalue weighted by Crippen LogP contribution is -2.40. The average Bonchev–Trinajstić information content (AvgIpc) is 3.08. The number of ether oxygens (including phenoxy) is 1. The highest BCUT2D eigenvalue weighted by atomic mass is 32.1. The van der Waals surface area contributed by atoms with Gasteiger partial charge in [-0.05, 0) is 18.6 Å². The van der Waals surface area contributed by atoms with Crippen LogP contribution in [0.2, 0.25) is 0 Å². The summed E-state index contributed by atoms with van der Waals surface area (Å²) >= 11 is 1.41. The van der Waals surface area contributed by atoms with Gasteiger partial charge in [0.05, 0.1) is 5.69 Å². The Kier molecular flexibility index (Phi) is 6.17. The van der Waals surface area contributed by atoms with Crippen LogP contribution in [0.15, 0.2) is 24.3 Å². The molecule has 26 heavy (non-hydrogen) atoms. The molecule has 0 atom stereocenters.